The van der Waals surface area contributed by atoms with E-state index in [0.717, 1.165) is 16.8 Å². The number of aromatic nitrogens is 3. The number of amides is 1. The molecule has 0 unspecified atom stereocenters. The van der Waals surface area contributed by atoms with Gasteiger partial charge in [-0.3, -0.25) is 14.2 Å². The predicted molar refractivity (Wildman–Crippen MR) is 127 cm³/mol. The number of aromatic amines is 1. The largest absolute Gasteiger partial charge is 0.355 e. The molecule has 0 fully saturated rings. The van der Waals surface area contributed by atoms with Gasteiger partial charge in [-0.2, -0.15) is 0 Å². The maximum Gasteiger partial charge on any atom is 0.278 e. The van der Waals surface area contributed by atoms with Gasteiger partial charge in [-0.1, -0.05) is 68.1 Å². The molecule has 0 atom stereocenters. The summed E-state index contributed by atoms with van der Waals surface area (Å²) in [6.07, 6.45) is 1.80. The van der Waals surface area contributed by atoms with Crippen molar-refractivity contribution in [2.75, 3.05) is 11.1 Å². The first-order chi connectivity index (χ1) is 14.9. The number of nitrogens with one attached hydrogen (secondary N) is 2. The number of carbonyl (C=O) groups is 1. The number of fused-ring (bicyclic) bond motifs is 1. The summed E-state index contributed by atoms with van der Waals surface area (Å²) in [5.41, 5.74) is 4.73. The summed E-state index contributed by atoms with van der Waals surface area (Å²) in [7, 11) is 1.67. The molecule has 158 valence electrons. The molecule has 0 saturated carbocycles. The molecule has 0 spiro atoms. The molecule has 4 aromatic rings. The molecular weight excluding hydrogens is 408 g/mol. The molecule has 0 radical (unpaired) electrons. The minimum absolute atomic E-state index is 0.144. The number of hydrogen-bond donors (Lipinski definition) is 2. The van der Waals surface area contributed by atoms with Gasteiger partial charge in [-0.15, -0.1) is 0 Å². The van der Waals surface area contributed by atoms with Crippen molar-refractivity contribution in [3.05, 3.63) is 76.7 Å². The van der Waals surface area contributed by atoms with Crippen molar-refractivity contribution in [3.8, 4) is 11.1 Å². The number of thioether (sulfide) groups is 1. The fourth-order valence-corrected chi connectivity index (χ4v) is 4.13. The van der Waals surface area contributed by atoms with Gasteiger partial charge in [0.05, 0.1) is 5.75 Å². The van der Waals surface area contributed by atoms with Crippen molar-refractivity contribution in [2.24, 2.45) is 7.05 Å². The lowest BCUT2D eigenvalue weighted by atomic mass is 10.0. The number of nitrogens with zero attached hydrogens (tertiary/aromatic N) is 2. The van der Waals surface area contributed by atoms with Gasteiger partial charge in [0.25, 0.3) is 5.56 Å². The first-order valence-electron chi connectivity index (χ1n) is 10.1. The third kappa shape index (κ3) is 4.41. The molecule has 0 saturated heterocycles. The Morgan fingerprint density at radius 1 is 1.13 bits per heavy atom. The number of hydrogen-bond acceptors (Lipinski definition) is 4. The summed E-state index contributed by atoms with van der Waals surface area (Å²) >= 11 is 1.24. The molecule has 1 amide bonds. The first kappa shape index (κ1) is 20.9. The number of carbonyl (C=O) groups excluding carboxylic acids is 1. The van der Waals surface area contributed by atoms with E-state index in [2.05, 4.69) is 24.1 Å². The Balaban J connectivity index is 1.53. The van der Waals surface area contributed by atoms with Crippen molar-refractivity contribution < 1.29 is 4.79 Å². The Hall–Kier alpha value is -3.32. The predicted octanol–water partition coefficient (Wildman–Crippen LogP) is 4.78. The van der Waals surface area contributed by atoms with Crippen molar-refractivity contribution >= 4 is 34.4 Å². The fourth-order valence-electron chi connectivity index (χ4n) is 3.37. The lowest BCUT2D eigenvalue weighted by Gasteiger charge is -2.10. The van der Waals surface area contributed by atoms with Crippen LogP contribution in [-0.4, -0.2) is 26.2 Å². The lowest BCUT2D eigenvalue weighted by molar-refractivity contribution is -0.113. The van der Waals surface area contributed by atoms with Crippen LogP contribution in [0, 0.1) is 0 Å². The Labute approximate surface area is 184 Å². The van der Waals surface area contributed by atoms with Crippen LogP contribution in [0.25, 0.3) is 22.2 Å². The fraction of sp³-hybridized carbons (Fsp3) is 0.208. The molecule has 4 rings (SSSR count). The molecule has 2 aromatic heterocycles. The van der Waals surface area contributed by atoms with E-state index in [1.807, 2.05) is 54.6 Å². The van der Waals surface area contributed by atoms with Crippen LogP contribution in [-0.2, 0) is 11.8 Å². The summed E-state index contributed by atoms with van der Waals surface area (Å²) in [6, 6.07) is 17.6. The second kappa shape index (κ2) is 8.81. The number of anilines is 1. The Morgan fingerprint density at radius 3 is 2.52 bits per heavy atom. The standard InChI is InChI=1S/C24H24N4O2S/c1-15(2)16-9-11-18(12-10-16)26-20(29)14-31-24-27-21-19(17-7-5-4-6-8-17)13-25-22(21)23(30)28(24)3/h4-13,15,25H,14H2,1-3H3,(H,26,29). The molecule has 2 N–H and O–H groups in total. The third-order valence-electron chi connectivity index (χ3n) is 5.14. The average molecular weight is 433 g/mol. The Kier molecular flexibility index (Phi) is 5.95. The minimum Gasteiger partial charge on any atom is -0.355 e. The SMILES string of the molecule is CC(C)c1ccc(NC(=O)CSc2nc3c(-c4ccccc4)c[nH]c3c(=O)n2C)cc1. The molecule has 6 nitrogen and oxygen atoms in total. The highest BCUT2D eigenvalue weighted by molar-refractivity contribution is 7.99. The lowest BCUT2D eigenvalue weighted by Crippen LogP contribution is -2.21. The number of rotatable bonds is 6. The molecule has 31 heavy (non-hydrogen) atoms. The molecule has 0 bridgehead atoms. The van der Waals surface area contributed by atoms with Crippen molar-refractivity contribution in [1.82, 2.24) is 14.5 Å². The maximum absolute atomic E-state index is 12.8. The number of H-pyrrole nitrogens is 1. The average Bonchev–Trinajstić information content (AvgIpc) is 3.20. The van der Waals surface area contributed by atoms with Gasteiger partial charge in [0.1, 0.15) is 11.0 Å². The summed E-state index contributed by atoms with van der Waals surface area (Å²) in [5.74, 6) is 0.453. The van der Waals surface area contributed by atoms with E-state index in [4.69, 9.17) is 4.98 Å². The molecule has 2 heterocycles. The second-order valence-electron chi connectivity index (χ2n) is 7.66. The van der Waals surface area contributed by atoms with Crippen molar-refractivity contribution in [3.63, 3.8) is 0 Å². The Bertz CT molecular complexity index is 1270. The van der Waals surface area contributed by atoms with Gasteiger partial charge in [-0.25, -0.2) is 4.98 Å². The van der Waals surface area contributed by atoms with Gasteiger partial charge in [0.2, 0.25) is 5.91 Å². The quantitative estimate of drug-likeness (QED) is 0.339. The zero-order valence-corrected chi connectivity index (χ0v) is 18.5. The van der Waals surface area contributed by atoms with Crippen LogP contribution in [0.2, 0.25) is 0 Å². The highest BCUT2D eigenvalue weighted by Crippen LogP contribution is 2.27. The van der Waals surface area contributed by atoms with E-state index in [9.17, 15) is 9.59 Å². The normalized spacial score (nSPS) is 11.2. The van der Waals surface area contributed by atoms with Gasteiger partial charge < -0.3 is 10.3 Å². The van der Waals surface area contributed by atoms with E-state index in [0.29, 0.717) is 22.1 Å². The van der Waals surface area contributed by atoms with E-state index < -0.39 is 0 Å². The van der Waals surface area contributed by atoms with Crippen molar-refractivity contribution in [2.45, 2.75) is 24.9 Å². The molecule has 2 aromatic carbocycles. The summed E-state index contributed by atoms with van der Waals surface area (Å²) in [5, 5.41) is 3.40. The third-order valence-corrected chi connectivity index (χ3v) is 6.17. The highest BCUT2D eigenvalue weighted by Gasteiger charge is 2.16. The second-order valence-corrected chi connectivity index (χ2v) is 8.61. The van der Waals surface area contributed by atoms with Crippen LogP contribution in [0.4, 0.5) is 5.69 Å². The maximum atomic E-state index is 12.8. The van der Waals surface area contributed by atoms with Crippen LogP contribution in [0.5, 0.6) is 0 Å². The van der Waals surface area contributed by atoms with Crippen molar-refractivity contribution in [1.29, 1.82) is 0 Å². The van der Waals surface area contributed by atoms with E-state index >= 15 is 0 Å². The number of benzene rings is 2. The summed E-state index contributed by atoms with van der Waals surface area (Å²) in [6.45, 7) is 4.26. The summed E-state index contributed by atoms with van der Waals surface area (Å²) in [4.78, 5) is 33.0. The molecule has 7 heteroatoms. The molecular formula is C24H24N4O2S. The smallest absolute Gasteiger partial charge is 0.278 e. The van der Waals surface area contributed by atoms with E-state index in [-0.39, 0.29) is 17.2 Å². The molecule has 0 aliphatic rings. The van der Waals surface area contributed by atoms with Crippen LogP contribution in [0.15, 0.2) is 70.7 Å². The van der Waals surface area contributed by atoms with Crippen LogP contribution < -0.4 is 10.9 Å². The zero-order chi connectivity index (χ0) is 22.0. The summed E-state index contributed by atoms with van der Waals surface area (Å²) < 4.78 is 1.48. The van der Waals surface area contributed by atoms with Gasteiger partial charge >= 0.3 is 0 Å². The zero-order valence-electron chi connectivity index (χ0n) is 17.7. The highest BCUT2D eigenvalue weighted by atomic mass is 32.2. The topological polar surface area (TPSA) is 79.8 Å². The van der Waals surface area contributed by atoms with Gasteiger partial charge in [0, 0.05) is 24.5 Å². The van der Waals surface area contributed by atoms with E-state index in [1.54, 1.807) is 13.2 Å². The minimum atomic E-state index is -0.167. The first-order valence-corrected chi connectivity index (χ1v) is 11.1. The van der Waals surface area contributed by atoms with Crippen LogP contribution >= 0.6 is 11.8 Å². The molecule has 0 aliphatic carbocycles. The van der Waals surface area contributed by atoms with Crippen LogP contribution in [0.1, 0.15) is 25.3 Å². The Morgan fingerprint density at radius 2 is 1.84 bits per heavy atom. The van der Waals surface area contributed by atoms with Gasteiger partial charge in [-0.05, 0) is 29.2 Å². The molecule has 0 aliphatic heterocycles. The van der Waals surface area contributed by atoms with Crippen LogP contribution in [0.3, 0.4) is 0 Å². The van der Waals surface area contributed by atoms with Gasteiger partial charge in [0.15, 0.2) is 5.16 Å². The van der Waals surface area contributed by atoms with E-state index in [1.165, 1.54) is 21.9 Å². The monoisotopic (exact) mass is 432 g/mol.